The van der Waals surface area contributed by atoms with Gasteiger partial charge in [-0.15, -0.1) is 13.2 Å². The molecule has 8 heteroatoms. The van der Waals surface area contributed by atoms with Crippen LogP contribution in [0.3, 0.4) is 0 Å². The molecule has 1 aromatic rings. The third-order valence-electron chi connectivity index (χ3n) is 2.24. The summed E-state index contributed by atoms with van der Waals surface area (Å²) in [6.45, 7) is 1.19. The Morgan fingerprint density at radius 2 is 2.05 bits per heavy atom. The van der Waals surface area contributed by atoms with Crippen LogP contribution in [0.5, 0.6) is 5.75 Å². The number of nitrogens with one attached hydrogen (secondary N) is 1. The summed E-state index contributed by atoms with van der Waals surface area (Å²) in [7, 11) is 0. The lowest BCUT2D eigenvalue weighted by molar-refractivity contribution is -0.274. The Hall–Kier alpha value is -1.18. The first kappa shape index (κ1) is 15.9. The molecule has 3 N–H and O–H groups in total. The fourth-order valence-corrected chi connectivity index (χ4v) is 1.54. The number of aliphatic hydroxyl groups is 2. The van der Waals surface area contributed by atoms with Gasteiger partial charge in [0.05, 0.1) is 17.7 Å². The predicted octanol–water partition coefficient (Wildman–Crippen LogP) is 2.31. The first-order valence-electron chi connectivity index (χ1n) is 5.31. The Morgan fingerprint density at radius 1 is 1.42 bits per heavy atom. The van der Waals surface area contributed by atoms with Crippen LogP contribution in [0.15, 0.2) is 12.1 Å². The average Bonchev–Trinajstić information content (AvgIpc) is 2.29. The Bertz CT molecular complexity index is 440. The Morgan fingerprint density at radius 3 is 2.58 bits per heavy atom. The highest BCUT2D eigenvalue weighted by Crippen LogP contribution is 2.34. The van der Waals surface area contributed by atoms with E-state index in [-0.39, 0.29) is 11.6 Å². The maximum absolute atomic E-state index is 12.1. The van der Waals surface area contributed by atoms with E-state index in [0.717, 1.165) is 6.07 Å². The van der Waals surface area contributed by atoms with Crippen LogP contribution in [-0.4, -0.2) is 35.8 Å². The van der Waals surface area contributed by atoms with E-state index in [1.165, 1.54) is 6.07 Å². The Labute approximate surface area is 112 Å². The third-order valence-corrected chi connectivity index (χ3v) is 2.54. The second-order valence-electron chi connectivity index (χ2n) is 3.86. The number of anilines is 1. The molecule has 0 aromatic heterocycles. The maximum Gasteiger partial charge on any atom is 0.573 e. The molecule has 0 aliphatic rings. The molecule has 1 rings (SSSR count). The number of aliphatic hydroxyl groups excluding tert-OH is 2. The molecule has 19 heavy (non-hydrogen) atoms. The molecule has 0 aliphatic carbocycles. The summed E-state index contributed by atoms with van der Waals surface area (Å²) in [4.78, 5) is 0. The molecular formula is C11H13ClF3NO3. The molecule has 0 aliphatic heterocycles. The number of rotatable bonds is 5. The van der Waals surface area contributed by atoms with E-state index < -0.39 is 24.8 Å². The lowest BCUT2D eigenvalue weighted by Crippen LogP contribution is -2.23. The number of hydrogen-bond acceptors (Lipinski definition) is 4. The summed E-state index contributed by atoms with van der Waals surface area (Å²) < 4.78 is 40.1. The SMILES string of the molecule is Cc1cc(OC(F)(F)F)c(Cl)cc1NCC(O)CO. The van der Waals surface area contributed by atoms with Crippen LogP contribution in [-0.2, 0) is 0 Å². The summed E-state index contributed by atoms with van der Waals surface area (Å²) >= 11 is 5.68. The van der Waals surface area contributed by atoms with Gasteiger partial charge in [-0.1, -0.05) is 11.6 Å². The van der Waals surface area contributed by atoms with Gasteiger partial charge in [-0.3, -0.25) is 0 Å². The molecule has 108 valence electrons. The molecular weight excluding hydrogens is 287 g/mol. The summed E-state index contributed by atoms with van der Waals surface area (Å²) in [5, 5.41) is 20.4. The molecule has 0 fully saturated rings. The van der Waals surface area contributed by atoms with Crippen molar-refractivity contribution in [3.05, 3.63) is 22.7 Å². The molecule has 0 spiro atoms. The molecule has 1 unspecified atom stereocenters. The standard InChI is InChI=1S/C11H13ClF3NO3/c1-6-2-10(19-11(13,14)15)8(12)3-9(6)16-4-7(18)5-17/h2-3,7,16-18H,4-5H2,1H3. The number of ether oxygens (including phenoxy) is 1. The van der Waals surface area contributed by atoms with Crippen LogP contribution in [0, 0.1) is 6.92 Å². The van der Waals surface area contributed by atoms with Crippen molar-refractivity contribution in [3.8, 4) is 5.75 Å². The summed E-state index contributed by atoms with van der Waals surface area (Å²) in [6, 6.07) is 2.41. The van der Waals surface area contributed by atoms with E-state index in [2.05, 4.69) is 10.1 Å². The van der Waals surface area contributed by atoms with Gasteiger partial charge in [0.2, 0.25) is 0 Å². The van der Waals surface area contributed by atoms with Crippen molar-refractivity contribution >= 4 is 17.3 Å². The summed E-state index contributed by atoms with van der Waals surface area (Å²) in [5.74, 6) is -0.486. The highest BCUT2D eigenvalue weighted by Gasteiger charge is 2.32. The van der Waals surface area contributed by atoms with Gasteiger partial charge in [-0.25, -0.2) is 0 Å². The minimum atomic E-state index is -4.81. The fourth-order valence-electron chi connectivity index (χ4n) is 1.34. The largest absolute Gasteiger partial charge is 0.573 e. The molecule has 0 bridgehead atoms. The van der Waals surface area contributed by atoms with E-state index in [1.807, 2.05) is 0 Å². The van der Waals surface area contributed by atoms with E-state index in [1.54, 1.807) is 6.92 Å². The minimum absolute atomic E-state index is 0.0488. The van der Waals surface area contributed by atoms with Crippen LogP contribution in [0.4, 0.5) is 18.9 Å². The zero-order valence-corrected chi connectivity index (χ0v) is 10.7. The van der Waals surface area contributed by atoms with E-state index in [0.29, 0.717) is 11.3 Å². The highest BCUT2D eigenvalue weighted by molar-refractivity contribution is 6.32. The predicted molar refractivity (Wildman–Crippen MR) is 64.5 cm³/mol. The van der Waals surface area contributed by atoms with Gasteiger partial charge in [0, 0.05) is 12.2 Å². The number of halogens is 4. The van der Waals surface area contributed by atoms with E-state index >= 15 is 0 Å². The molecule has 0 heterocycles. The topological polar surface area (TPSA) is 61.7 Å². The molecule has 1 aromatic carbocycles. The van der Waals surface area contributed by atoms with Crippen molar-refractivity contribution in [2.75, 3.05) is 18.5 Å². The lowest BCUT2D eigenvalue weighted by atomic mass is 10.2. The van der Waals surface area contributed by atoms with Gasteiger partial charge >= 0.3 is 6.36 Å². The molecule has 0 saturated carbocycles. The van der Waals surface area contributed by atoms with Crippen LogP contribution >= 0.6 is 11.6 Å². The molecule has 0 radical (unpaired) electrons. The second-order valence-corrected chi connectivity index (χ2v) is 4.27. The molecule has 0 saturated heterocycles. The summed E-state index contributed by atoms with van der Waals surface area (Å²) in [6.07, 6.45) is -5.78. The fraction of sp³-hybridized carbons (Fsp3) is 0.455. The Kier molecular flexibility index (Phi) is 5.28. The van der Waals surface area contributed by atoms with Crippen LogP contribution in [0.25, 0.3) is 0 Å². The maximum atomic E-state index is 12.1. The number of hydrogen-bond donors (Lipinski definition) is 3. The van der Waals surface area contributed by atoms with Crippen molar-refractivity contribution in [2.24, 2.45) is 0 Å². The number of benzene rings is 1. The van der Waals surface area contributed by atoms with Crippen molar-refractivity contribution in [2.45, 2.75) is 19.4 Å². The first-order valence-corrected chi connectivity index (χ1v) is 5.69. The van der Waals surface area contributed by atoms with Gasteiger partial charge in [0.15, 0.2) is 0 Å². The summed E-state index contributed by atoms with van der Waals surface area (Å²) in [5.41, 5.74) is 0.917. The van der Waals surface area contributed by atoms with Gasteiger partial charge in [0.25, 0.3) is 0 Å². The van der Waals surface area contributed by atoms with Crippen molar-refractivity contribution in [1.82, 2.24) is 0 Å². The minimum Gasteiger partial charge on any atom is -0.404 e. The molecule has 1 atom stereocenters. The van der Waals surface area contributed by atoms with Crippen molar-refractivity contribution in [3.63, 3.8) is 0 Å². The van der Waals surface area contributed by atoms with Gasteiger partial charge in [-0.2, -0.15) is 0 Å². The first-order chi connectivity index (χ1) is 8.73. The monoisotopic (exact) mass is 299 g/mol. The zero-order chi connectivity index (χ0) is 14.6. The lowest BCUT2D eigenvalue weighted by Gasteiger charge is -2.16. The molecule has 4 nitrogen and oxygen atoms in total. The molecule has 0 amide bonds. The smallest absolute Gasteiger partial charge is 0.404 e. The zero-order valence-electron chi connectivity index (χ0n) is 9.96. The number of aryl methyl sites for hydroxylation is 1. The van der Waals surface area contributed by atoms with Crippen LogP contribution in [0.2, 0.25) is 5.02 Å². The van der Waals surface area contributed by atoms with E-state index in [4.69, 9.17) is 21.8 Å². The second kappa shape index (κ2) is 6.31. The Balaban J connectivity index is 2.85. The quantitative estimate of drug-likeness (QED) is 0.781. The van der Waals surface area contributed by atoms with Gasteiger partial charge < -0.3 is 20.3 Å². The van der Waals surface area contributed by atoms with Crippen molar-refractivity contribution in [1.29, 1.82) is 0 Å². The average molecular weight is 300 g/mol. The number of alkyl halides is 3. The van der Waals surface area contributed by atoms with E-state index in [9.17, 15) is 13.2 Å². The normalized spacial score (nSPS) is 13.2. The van der Waals surface area contributed by atoms with Crippen molar-refractivity contribution < 1.29 is 28.1 Å². The van der Waals surface area contributed by atoms with Crippen LogP contribution in [0.1, 0.15) is 5.56 Å². The third kappa shape index (κ3) is 5.14. The van der Waals surface area contributed by atoms with Crippen LogP contribution < -0.4 is 10.1 Å². The highest BCUT2D eigenvalue weighted by atomic mass is 35.5. The van der Waals surface area contributed by atoms with Gasteiger partial charge in [0.1, 0.15) is 5.75 Å². The van der Waals surface area contributed by atoms with Gasteiger partial charge in [-0.05, 0) is 24.6 Å².